The fraction of sp³-hybridized carbons (Fsp3) is 0.625. The van der Waals surface area contributed by atoms with Crippen molar-refractivity contribution >= 4 is 5.91 Å². The second kappa shape index (κ2) is 8.21. The van der Waals surface area contributed by atoms with Gasteiger partial charge in [0.1, 0.15) is 0 Å². The van der Waals surface area contributed by atoms with E-state index in [1.54, 1.807) is 13.1 Å². The Morgan fingerprint density at radius 1 is 1.30 bits per heavy atom. The molecule has 0 aromatic carbocycles. The molecule has 0 fully saturated rings. The number of carbonyl (C=O) groups excluding carboxylic acids is 1. The van der Waals surface area contributed by atoms with Crippen molar-refractivity contribution in [2.75, 3.05) is 7.05 Å². The molecule has 0 rings (SSSR count). The molecule has 0 aliphatic heterocycles. The van der Waals surface area contributed by atoms with Gasteiger partial charge in [-0.25, -0.2) is 0 Å². The summed E-state index contributed by atoms with van der Waals surface area (Å²) in [5, 5.41) is 2.48. The summed E-state index contributed by atoms with van der Waals surface area (Å²) < 4.78 is 0. The molecule has 60 valence electrons. The first-order chi connectivity index (χ1) is 4.66. The van der Waals surface area contributed by atoms with Gasteiger partial charge in [0.2, 0.25) is 5.91 Å². The Hall–Kier alpha value is -0.790. The second-order valence-electron chi connectivity index (χ2n) is 1.84. The lowest BCUT2D eigenvalue weighted by Crippen LogP contribution is -2.14. The molecular weight excluding hydrogens is 126 g/mol. The molecule has 0 heterocycles. The van der Waals surface area contributed by atoms with E-state index in [0.29, 0.717) is 0 Å². The number of hydrogen-bond acceptors (Lipinski definition) is 1. The topological polar surface area (TPSA) is 29.1 Å². The van der Waals surface area contributed by atoms with E-state index < -0.39 is 0 Å². The number of amides is 1. The highest BCUT2D eigenvalue weighted by molar-refractivity contribution is 5.87. The van der Waals surface area contributed by atoms with E-state index in [2.05, 4.69) is 5.32 Å². The van der Waals surface area contributed by atoms with Gasteiger partial charge in [-0.3, -0.25) is 4.79 Å². The van der Waals surface area contributed by atoms with Gasteiger partial charge in [0, 0.05) is 13.1 Å². The quantitative estimate of drug-likeness (QED) is 0.556. The van der Waals surface area contributed by atoms with E-state index in [-0.39, 0.29) is 5.91 Å². The predicted molar refractivity (Wildman–Crippen MR) is 44.8 cm³/mol. The Bertz CT molecular complexity index is 112. The number of rotatable bonds is 1. The fourth-order valence-electron chi connectivity index (χ4n) is 0.334. The van der Waals surface area contributed by atoms with Crippen molar-refractivity contribution in [2.24, 2.45) is 0 Å². The average Bonchev–Trinajstić information content (AvgIpc) is 1.91. The number of nitrogens with one attached hydrogen (secondary N) is 1. The third kappa shape index (κ3) is 10.2. The smallest absolute Gasteiger partial charge is 0.243 e. The highest BCUT2D eigenvalue weighted by atomic mass is 16.1. The number of allylic oxidation sites excluding steroid dienone is 1. The molecule has 0 aromatic heterocycles. The van der Waals surface area contributed by atoms with Crippen LogP contribution in [0.1, 0.15) is 27.7 Å². The van der Waals surface area contributed by atoms with Crippen molar-refractivity contribution < 1.29 is 4.79 Å². The Morgan fingerprint density at radius 2 is 1.70 bits per heavy atom. The maximum absolute atomic E-state index is 10.4. The lowest BCUT2D eigenvalue weighted by molar-refractivity contribution is -0.116. The Kier molecular flexibility index (Phi) is 9.80. The Balaban J connectivity index is 0. The zero-order valence-electron chi connectivity index (χ0n) is 7.49. The SMILES string of the molecule is CC.CNC(=O)C=C(C)C. The van der Waals surface area contributed by atoms with Gasteiger partial charge >= 0.3 is 0 Å². The molecule has 1 N–H and O–H groups in total. The van der Waals surface area contributed by atoms with Gasteiger partial charge in [0.25, 0.3) is 0 Å². The summed E-state index contributed by atoms with van der Waals surface area (Å²) in [5.41, 5.74) is 1.02. The van der Waals surface area contributed by atoms with Crippen LogP contribution in [0.4, 0.5) is 0 Å². The first-order valence-electron chi connectivity index (χ1n) is 3.53. The summed E-state index contributed by atoms with van der Waals surface area (Å²) in [6.45, 7) is 7.77. The third-order valence-electron chi connectivity index (χ3n) is 0.666. The van der Waals surface area contributed by atoms with Crippen LogP contribution >= 0.6 is 0 Å². The van der Waals surface area contributed by atoms with Crippen LogP contribution in [0.5, 0.6) is 0 Å². The Morgan fingerprint density at radius 3 is 1.80 bits per heavy atom. The lowest BCUT2D eigenvalue weighted by atomic mass is 10.3. The predicted octanol–water partition coefficient (Wildman–Crippen LogP) is 1.72. The molecular formula is C8H17NO. The van der Waals surface area contributed by atoms with Crippen LogP contribution in [0, 0.1) is 0 Å². The number of likely N-dealkylation sites (N-methyl/N-ethyl adjacent to an activating group) is 1. The molecule has 0 spiro atoms. The van der Waals surface area contributed by atoms with Crippen LogP contribution in [0.25, 0.3) is 0 Å². The van der Waals surface area contributed by atoms with E-state index in [1.165, 1.54) is 0 Å². The van der Waals surface area contributed by atoms with E-state index >= 15 is 0 Å². The van der Waals surface area contributed by atoms with Crippen LogP contribution in [0.15, 0.2) is 11.6 Å². The second-order valence-corrected chi connectivity index (χ2v) is 1.84. The molecule has 1 amide bonds. The third-order valence-corrected chi connectivity index (χ3v) is 0.666. The largest absolute Gasteiger partial charge is 0.356 e. The minimum absolute atomic E-state index is 0.0370. The first kappa shape index (κ1) is 11.9. The molecule has 2 heteroatoms. The summed E-state index contributed by atoms with van der Waals surface area (Å²) >= 11 is 0. The van der Waals surface area contributed by atoms with Crippen LogP contribution < -0.4 is 5.32 Å². The van der Waals surface area contributed by atoms with E-state index in [9.17, 15) is 4.79 Å². The van der Waals surface area contributed by atoms with Gasteiger partial charge in [-0.15, -0.1) is 0 Å². The summed E-state index contributed by atoms with van der Waals surface area (Å²) in [5.74, 6) is -0.0370. The normalized spacial score (nSPS) is 6.90. The lowest BCUT2D eigenvalue weighted by Gasteiger charge is -1.89. The molecule has 0 unspecified atom stereocenters. The monoisotopic (exact) mass is 143 g/mol. The number of carbonyl (C=O) groups is 1. The zero-order chi connectivity index (χ0) is 8.57. The molecule has 0 atom stereocenters. The number of hydrogen-bond donors (Lipinski definition) is 1. The van der Waals surface area contributed by atoms with Crippen molar-refractivity contribution in [1.29, 1.82) is 0 Å². The van der Waals surface area contributed by atoms with E-state index in [1.807, 2.05) is 27.7 Å². The fourth-order valence-corrected chi connectivity index (χ4v) is 0.334. The van der Waals surface area contributed by atoms with Crippen LogP contribution in [-0.4, -0.2) is 13.0 Å². The van der Waals surface area contributed by atoms with Crippen LogP contribution in [-0.2, 0) is 4.79 Å². The van der Waals surface area contributed by atoms with Gasteiger partial charge in [-0.05, 0) is 13.8 Å². The van der Waals surface area contributed by atoms with E-state index in [4.69, 9.17) is 0 Å². The first-order valence-corrected chi connectivity index (χ1v) is 3.53. The molecule has 2 nitrogen and oxygen atoms in total. The summed E-state index contributed by atoms with van der Waals surface area (Å²) in [6, 6.07) is 0. The maximum atomic E-state index is 10.4. The van der Waals surface area contributed by atoms with Crippen LogP contribution in [0.2, 0.25) is 0 Å². The molecule has 0 saturated carbocycles. The summed E-state index contributed by atoms with van der Waals surface area (Å²) in [6.07, 6.45) is 1.56. The molecule has 0 aliphatic carbocycles. The minimum atomic E-state index is -0.0370. The van der Waals surface area contributed by atoms with Crippen molar-refractivity contribution in [3.8, 4) is 0 Å². The van der Waals surface area contributed by atoms with Gasteiger partial charge in [-0.2, -0.15) is 0 Å². The Labute approximate surface area is 63.3 Å². The highest BCUT2D eigenvalue weighted by Gasteiger charge is 1.86. The van der Waals surface area contributed by atoms with E-state index in [0.717, 1.165) is 5.57 Å². The van der Waals surface area contributed by atoms with Crippen molar-refractivity contribution in [3.63, 3.8) is 0 Å². The van der Waals surface area contributed by atoms with Gasteiger partial charge in [-0.1, -0.05) is 19.4 Å². The summed E-state index contributed by atoms with van der Waals surface area (Å²) in [4.78, 5) is 10.4. The molecule has 0 radical (unpaired) electrons. The standard InChI is InChI=1S/C6H11NO.C2H6/c1-5(2)4-6(8)7-3;1-2/h4H,1-3H3,(H,7,8);1-2H3. The van der Waals surface area contributed by atoms with Gasteiger partial charge in [0.15, 0.2) is 0 Å². The zero-order valence-corrected chi connectivity index (χ0v) is 7.49. The van der Waals surface area contributed by atoms with Crippen molar-refractivity contribution in [1.82, 2.24) is 5.32 Å². The summed E-state index contributed by atoms with van der Waals surface area (Å²) in [7, 11) is 1.61. The van der Waals surface area contributed by atoms with Crippen LogP contribution in [0.3, 0.4) is 0 Å². The molecule has 0 bridgehead atoms. The average molecular weight is 143 g/mol. The highest BCUT2D eigenvalue weighted by Crippen LogP contribution is 1.85. The van der Waals surface area contributed by atoms with Crippen molar-refractivity contribution in [2.45, 2.75) is 27.7 Å². The molecule has 0 saturated heterocycles. The molecule has 10 heavy (non-hydrogen) atoms. The van der Waals surface area contributed by atoms with Gasteiger partial charge < -0.3 is 5.32 Å². The minimum Gasteiger partial charge on any atom is -0.356 e. The van der Waals surface area contributed by atoms with Crippen molar-refractivity contribution in [3.05, 3.63) is 11.6 Å². The van der Waals surface area contributed by atoms with Gasteiger partial charge in [0.05, 0.1) is 0 Å². The maximum Gasteiger partial charge on any atom is 0.243 e. The molecule has 0 aromatic rings. The molecule has 0 aliphatic rings.